The Hall–Kier alpha value is -3.17. The number of pyridine rings is 1. The molecule has 0 aromatic carbocycles. The van der Waals surface area contributed by atoms with Gasteiger partial charge in [-0.3, -0.25) is 14.7 Å². The number of aliphatic hydroxyl groups excluding tert-OH is 2. The molecule has 3 atom stereocenters. The van der Waals surface area contributed by atoms with E-state index in [2.05, 4.69) is 37.8 Å². The largest absolute Gasteiger partial charge is 0.437 e. The number of hydrogen-bond acceptors (Lipinski definition) is 12. The maximum atomic E-state index is 13.0. The highest BCUT2D eigenvalue weighted by molar-refractivity contribution is 6.45. The maximum absolute atomic E-state index is 13.0. The number of likely N-dealkylation sites (tertiary alicyclic amines) is 2. The van der Waals surface area contributed by atoms with Gasteiger partial charge in [-0.15, -0.1) is 0 Å². The zero-order valence-corrected chi connectivity index (χ0v) is 30.6. The zero-order chi connectivity index (χ0) is 36.9. The van der Waals surface area contributed by atoms with E-state index in [-0.39, 0.29) is 30.7 Å². The summed E-state index contributed by atoms with van der Waals surface area (Å²) in [4.78, 5) is 33.6. The summed E-state index contributed by atoms with van der Waals surface area (Å²) < 4.78 is 0. The first-order valence-corrected chi connectivity index (χ1v) is 18.4. The molecule has 2 aromatic rings. The van der Waals surface area contributed by atoms with Gasteiger partial charge in [0.2, 0.25) is 11.9 Å². The number of anilines is 1. The van der Waals surface area contributed by atoms with Crippen LogP contribution >= 0.6 is 0 Å². The maximum Gasteiger partial charge on any atom is 0.376 e. The summed E-state index contributed by atoms with van der Waals surface area (Å²) >= 11 is 0. The standard InChI is InChI=1S/C22H30N6O2.C7H14BNO2.C7H14BNO/c23-22-25-12-16(13-26-22)14-27-8-4-17(5-9-27)21(30)28-10-6-18(20(29)15-28)11-19-3-1-2-7-24-19;1-6-3-4-9(8(2)11)5-7(6)10;1-7-3-5-9(6-4-7)8(2)10/h1-3,7,12-13,17-18,20,29H,4-6,8-11,14-15H2,(H2,23,25,26);7,10-11H,1,3-5H2,2H3;10H,1,3-6H2,2H3. The van der Waals surface area contributed by atoms with Crippen molar-refractivity contribution in [3.8, 4) is 0 Å². The highest BCUT2D eigenvalue weighted by atomic mass is 16.3. The predicted octanol–water partition coefficient (Wildman–Crippen LogP) is 1.59. The fourth-order valence-corrected chi connectivity index (χ4v) is 6.96. The van der Waals surface area contributed by atoms with Gasteiger partial charge in [-0.1, -0.05) is 24.8 Å². The molecule has 0 aliphatic carbocycles. The number of nitrogens with zero attached hydrogens (tertiary/aromatic N) is 7. The van der Waals surface area contributed by atoms with Gasteiger partial charge in [0.25, 0.3) is 0 Å². The number of β-amino-alcohol motifs (C(OH)–C–C–N with tert-alkyl or cyclic N) is 2. The van der Waals surface area contributed by atoms with Gasteiger partial charge in [-0.05, 0) is 115 Å². The molecule has 0 bridgehead atoms. The summed E-state index contributed by atoms with van der Waals surface area (Å²) in [5.41, 5.74) is 9.77. The Balaban J connectivity index is 0.000000226. The number of nitrogen functional groups attached to an aromatic ring is 1. The van der Waals surface area contributed by atoms with Crippen LogP contribution in [0.2, 0.25) is 13.6 Å². The monoisotopic (exact) mass is 704 g/mol. The quantitative estimate of drug-likeness (QED) is 0.208. The van der Waals surface area contributed by atoms with Crippen LogP contribution in [-0.2, 0) is 17.8 Å². The average molecular weight is 705 g/mol. The molecule has 4 aliphatic rings. The number of piperidine rings is 4. The Bertz CT molecular complexity index is 1370. The minimum absolute atomic E-state index is 0.0449. The first-order chi connectivity index (χ1) is 24.4. The third kappa shape index (κ3) is 13.1. The lowest BCUT2D eigenvalue weighted by molar-refractivity contribution is -0.141. The number of nitrogens with two attached hydrogens (primary N) is 1. The number of carbonyl (C=O) groups is 1. The molecule has 278 valence electrons. The van der Waals surface area contributed by atoms with Crippen LogP contribution in [0.4, 0.5) is 5.95 Å². The van der Waals surface area contributed by atoms with Gasteiger partial charge in [0.05, 0.1) is 12.2 Å². The lowest BCUT2D eigenvalue weighted by Crippen LogP contribution is -2.50. The molecule has 0 spiro atoms. The number of amides is 1. The zero-order valence-electron chi connectivity index (χ0n) is 30.6. The number of hydrogen-bond donors (Lipinski definition) is 5. The summed E-state index contributed by atoms with van der Waals surface area (Å²) in [6.07, 6.45) is 10.5. The highest BCUT2D eigenvalue weighted by Gasteiger charge is 2.34. The molecule has 13 nitrogen and oxygen atoms in total. The molecule has 3 unspecified atom stereocenters. The van der Waals surface area contributed by atoms with Crippen molar-refractivity contribution >= 4 is 26.0 Å². The van der Waals surface area contributed by atoms with Crippen LogP contribution in [0.3, 0.4) is 0 Å². The van der Waals surface area contributed by atoms with E-state index in [4.69, 9.17) is 15.8 Å². The van der Waals surface area contributed by atoms with Gasteiger partial charge in [-0.25, -0.2) is 9.97 Å². The fourth-order valence-electron chi connectivity index (χ4n) is 6.96. The van der Waals surface area contributed by atoms with Crippen molar-refractivity contribution in [1.29, 1.82) is 0 Å². The molecular formula is C36H58B2N8O5. The number of aromatic nitrogens is 3. The van der Waals surface area contributed by atoms with Gasteiger partial charge >= 0.3 is 14.1 Å². The Morgan fingerprint density at radius 1 is 0.882 bits per heavy atom. The van der Waals surface area contributed by atoms with Gasteiger partial charge < -0.3 is 40.5 Å². The molecule has 15 heteroatoms. The Morgan fingerprint density at radius 3 is 2.10 bits per heavy atom. The minimum atomic E-state index is -0.490. The smallest absolute Gasteiger partial charge is 0.376 e. The van der Waals surface area contributed by atoms with Gasteiger partial charge in [-0.2, -0.15) is 0 Å². The molecule has 4 saturated heterocycles. The van der Waals surface area contributed by atoms with Gasteiger partial charge in [0, 0.05) is 61.9 Å². The SMILES string of the molecule is C=C1CCN(B(C)O)CC1.C=C1CCN(B(C)O)CC1O.Nc1ncc(CN2CCC(C(=O)N3CCC(Cc4ccccn4)C(O)C3)CC2)cn1. The number of aliphatic hydroxyl groups is 2. The van der Waals surface area contributed by atoms with Crippen LogP contribution in [0, 0.1) is 11.8 Å². The molecule has 6 heterocycles. The van der Waals surface area contributed by atoms with E-state index in [9.17, 15) is 15.0 Å². The molecule has 51 heavy (non-hydrogen) atoms. The first-order valence-electron chi connectivity index (χ1n) is 18.4. The highest BCUT2D eigenvalue weighted by Crippen LogP contribution is 2.26. The van der Waals surface area contributed by atoms with Crippen LogP contribution in [0.5, 0.6) is 0 Å². The summed E-state index contributed by atoms with van der Waals surface area (Å²) in [5, 5.41) is 38.3. The third-order valence-electron chi connectivity index (χ3n) is 10.5. The number of rotatable bonds is 7. The summed E-state index contributed by atoms with van der Waals surface area (Å²) in [6.45, 7) is 18.1. The van der Waals surface area contributed by atoms with E-state index in [1.165, 1.54) is 5.57 Å². The molecule has 6 N–H and O–H groups in total. The van der Waals surface area contributed by atoms with Crippen molar-refractivity contribution in [2.24, 2.45) is 11.8 Å². The van der Waals surface area contributed by atoms with E-state index in [0.717, 1.165) is 108 Å². The molecule has 6 rings (SSSR count). The van der Waals surface area contributed by atoms with Crippen molar-refractivity contribution < 1.29 is 25.1 Å². The third-order valence-corrected chi connectivity index (χ3v) is 10.5. The van der Waals surface area contributed by atoms with Crippen LogP contribution in [0.25, 0.3) is 0 Å². The molecule has 0 saturated carbocycles. The fraction of sp³-hybridized carbons (Fsp3) is 0.611. The van der Waals surface area contributed by atoms with Crippen molar-refractivity contribution in [2.75, 3.05) is 58.1 Å². The molecular weight excluding hydrogens is 646 g/mol. The van der Waals surface area contributed by atoms with E-state index in [0.29, 0.717) is 13.1 Å². The van der Waals surface area contributed by atoms with Crippen LogP contribution in [-0.4, -0.2) is 139 Å². The normalized spacial score (nSPS) is 23.8. The first kappa shape index (κ1) is 40.6. The van der Waals surface area contributed by atoms with Crippen molar-refractivity contribution in [2.45, 2.75) is 77.3 Å². The molecule has 1 amide bonds. The lowest BCUT2D eigenvalue weighted by Gasteiger charge is -2.39. The van der Waals surface area contributed by atoms with E-state index in [1.54, 1.807) is 25.4 Å². The Morgan fingerprint density at radius 2 is 1.53 bits per heavy atom. The second-order valence-corrected chi connectivity index (χ2v) is 14.4. The minimum Gasteiger partial charge on any atom is -0.437 e. The summed E-state index contributed by atoms with van der Waals surface area (Å²) in [6, 6.07) is 5.87. The van der Waals surface area contributed by atoms with Crippen molar-refractivity contribution in [3.63, 3.8) is 0 Å². The van der Waals surface area contributed by atoms with Gasteiger partial charge in [0.1, 0.15) is 0 Å². The molecule has 4 fully saturated rings. The summed E-state index contributed by atoms with van der Waals surface area (Å²) in [5.74, 6) is 0.686. The molecule has 2 aromatic heterocycles. The molecule has 0 radical (unpaired) electrons. The van der Waals surface area contributed by atoms with E-state index in [1.807, 2.05) is 34.7 Å². The lowest BCUT2D eigenvalue weighted by atomic mass is 9.82. The second-order valence-electron chi connectivity index (χ2n) is 14.4. The predicted molar refractivity (Wildman–Crippen MR) is 202 cm³/mol. The Kier molecular flexibility index (Phi) is 16.1. The Labute approximate surface area is 304 Å². The van der Waals surface area contributed by atoms with Crippen molar-refractivity contribution in [1.82, 2.24) is 34.4 Å². The number of carbonyl (C=O) groups excluding carboxylic acids is 1. The van der Waals surface area contributed by atoms with Crippen LogP contribution < -0.4 is 5.73 Å². The summed E-state index contributed by atoms with van der Waals surface area (Å²) in [7, 11) is -0.745. The average Bonchev–Trinajstić information content (AvgIpc) is 3.12. The van der Waals surface area contributed by atoms with Gasteiger partial charge in [0.15, 0.2) is 0 Å². The van der Waals surface area contributed by atoms with E-state index >= 15 is 0 Å². The second kappa shape index (κ2) is 20.2. The topological polar surface area (TPSA) is 176 Å². The van der Waals surface area contributed by atoms with E-state index < -0.39 is 19.3 Å². The van der Waals surface area contributed by atoms with Crippen LogP contribution in [0.15, 0.2) is 61.1 Å². The van der Waals surface area contributed by atoms with Crippen LogP contribution in [0.1, 0.15) is 49.8 Å². The molecule has 4 aliphatic heterocycles. The van der Waals surface area contributed by atoms with Crippen molar-refractivity contribution in [3.05, 3.63) is 72.4 Å².